The van der Waals surface area contributed by atoms with Crippen molar-refractivity contribution in [3.63, 3.8) is 0 Å². The van der Waals surface area contributed by atoms with Crippen molar-refractivity contribution < 1.29 is 14.6 Å². The average Bonchev–Trinajstić information content (AvgIpc) is 2.61. The standard InChI is InChI=1S/C9H14O3/c10-7-3-5-4-12-9-8(5)6(7)1-2-11-9/h5-10H,1-4H2/t5-,6?,7-,8?,9+/m1/s1. The minimum absolute atomic E-state index is 0.00546. The average molecular weight is 170 g/mol. The maximum Gasteiger partial charge on any atom is 0.161 e. The summed E-state index contributed by atoms with van der Waals surface area (Å²) in [7, 11) is 0. The molecule has 0 amide bonds. The Balaban J connectivity index is 1.89. The molecule has 0 bridgehead atoms. The highest BCUT2D eigenvalue weighted by atomic mass is 16.7. The lowest BCUT2D eigenvalue weighted by Crippen LogP contribution is -2.35. The minimum atomic E-state index is -0.0877. The van der Waals surface area contributed by atoms with Gasteiger partial charge in [-0.3, -0.25) is 0 Å². The Bertz CT molecular complexity index is 190. The van der Waals surface area contributed by atoms with Crippen LogP contribution < -0.4 is 0 Å². The maximum absolute atomic E-state index is 9.74. The Kier molecular flexibility index (Phi) is 1.48. The zero-order chi connectivity index (χ0) is 8.13. The topological polar surface area (TPSA) is 38.7 Å². The number of aliphatic hydroxyl groups excluding tert-OH is 1. The third-order valence-corrected chi connectivity index (χ3v) is 3.60. The van der Waals surface area contributed by atoms with E-state index < -0.39 is 0 Å². The van der Waals surface area contributed by atoms with Crippen LogP contribution in [0.25, 0.3) is 0 Å². The molecule has 12 heavy (non-hydrogen) atoms. The zero-order valence-corrected chi connectivity index (χ0v) is 6.98. The molecule has 1 aliphatic carbocycles. The molecular formula is C9H14O3. The summed E-state index contributed by atoms with van der Waals surface area (Å²) in [6, 6.07) is 0. The second-order valence-corrected chi connectivity index (χ2v) is 4.17. The van der Waals surface area contributed by atoms with E-state index in [0.717, 1.165) is 26.1 Å². The molecular weight excluding hydrogens is 156 g/mol. The highest BCUT2D eigenvalue weighted by molar-refractivity contribution is 4.97. The van der Waals surface area contributed by atoms with Gasteiger partial charge in [-0.2, -0.15) is 0 Å². The van der Waals surface area contributed by atoms with Gasteiger partial charge in [-0.1, -0.05) is 0 Å². The summed E-state index contributed by atoms with van der Waals surface area (Å²) in [6.45, 7) is 1.55. The first-order valence-corrected chi connectivity index (χ1v) is 4.77. The number of ether oxygens (including phenoxy) is 2. The van der Waals surface area contributed by atoms with E-state index in [9.17, 15) is 5.11 Å². The molecule has 68 valence electrons. The summed E-state index contributed by atoms with van der Waals surface area (Å²) in [5.41, 5.74) is 0. The first-order valence-electron chi connectivity index (χ1n) is 4.77. The van der Waals surface area contributed by atoms with Crippen LogP contribution in [0.15, 0.2) is 0 Å². The molecule has 0 radical (unpaired) electrons. The van der Waals surface area contributed by atoms with Crippen LogP contribution >= 0.6 is 0 Å². The number of aliphatic hydroxyl groups is 1. The lowest BCUT2D eigenvalue weighted by Gasteiger charge is -2.31. The van der Waals surface area contributed by atoms with Crippen molar-refractivity contribution in [2.75, 3.05) is 13.2 Å². The van der Waals surface area contributed by atoms with Gasteiger partial charge < -0.3 is 14.6 Å². The SMILES string of the molecule is O[C@@H]1C[C@@H]2CO[C@@H]3OCCC1C23. The van der Waals surface area contributed by atoms with Gasteiger partial charge in [0.1, 0.15) is 0 Å². The molecule has 1 N–H and O–H groups in total. The van der Waals surface area contributed by atoms with E-state index in [1.54, 1.807) is 0 Å². The highest BCUT2D eigenvalue weighted by Gasteiger charge is 2.52. The Morgan fingerprint density at radius 2 is 2.17 bits per heavy atom. The second kappa shape index (κ2) is 2.44. The lowest BCUT2D eigenvalue weighted by atomic mass is 9.87. The Morgan fingerprint density at radius 1 is 1.25 bits per heavy atom. The van der Waals surface area contributed by atoms with Crippen LogP contribution in [0, 0.1) is 17.8 Å². The van der Waals surface area contributed by atoms with E-state index in [1.807, 2.05) is 0 Å². The van der Waals surface area contributed by atoms with E-state index in [2.05, 4.69) is 0 Å². The van der Waals surface area contributed by atoms with E-state index in [4.69, 9.17) is 9.47 Å². The molecule has 5 atom stereocenters. The fraction of sp³-hybridized carbons (Fsp3) is 1.00. The third kappa shape index (κ3) is 0.817. The van der Waals surface area contributed by atoms with Crippen LogP contribution in [-0.2, 0) is 9.47 Å². The summed E-state index contributed by atoms with van der Waals surface area (Å²) >= 11 is 0. The largest absolute Gasteiger partial charge is 0.393 e. The molecule has 2 heterocycles. The van der Waals surface area contributed by atoms with Crippen LogP contribution in [0.5, 0.6) is 0 Å². The molecule has 0 aromatic heterocycles. The molecule has 2 aliphatic heterocycles. The van der Waals surface area contributed by atoms with Gasteiger partial charge in [0.25, 0.3) is 0 Å². The van der Waals surface area contributed by atoms with Crippen molar-refractivity contribution in [3.05, 3.63) is 0 Å². The summed E-state index contributed by atoms with van der Waals surface area (Å²) in [6.07, 6.45) is 1.86. The van der Waals surface area contributed by atoms with Gasteiger partial charge in [-0.15, -0.1) is 0 Å². The van der Waals surface area contributed by atoms with Gasteiger partial charge in [0.2, 0.25) is 0 Å². The summed E-state index contributed by atoms with van der Waals surface area (Å²) < 4.78 is 11.0. The predicted molar refractivity (Wildman–Crippen MR) is 41.4 cm³/mol. The van der Waals surface area contributed by atoms with Gasteiger partial charge in [-0.05, 0) is 24.7 Å². The highest BCUT2D eigenvalue weighted by Crippen LogP contribution is 2.48. The molecule has 2 saturated heterocycles. The minimum Gasteiger partial charge on any atom is -0.393 e. The van der Waals surface area contributed by atoms with Gasteiger partial charge in [0, 0.05) is 5.92 Å². The fourth-order valence-electron chi connectivity index (χ4n) is 3.05. The summed E-state index contributed by atoms with van der Waals surface area (Å²) in [4.78, 5) is 0. The quantitative estimate of drug-likeness (QED) is 0.571. The van der Waals surface area contributed by atoms with E-state index in [0.29, 0.717) is 17.8 Å². The van der Waals surface area contributed by atoms with Crippen LogP contribution in [0.4, 0.5) is 0 Å². The van der Waals surface area contributed by atoms with Crippen LogP contribution in [-0.4, -0.2) is 30.7 Å². The van der Waals surface area contributed by atoms with Gasteiger partial charge in [0.05, 0.1) is 19.3 Å². The second-order valence-electron chi connectivity index (χ2n) is 4.17. The van der Waals surface area contributed by atoms with Crippen LogP contribution in [0.2, 0.25) is 0 Å². The molecule has 3 nitrogen and oxygen atoms in total. The van der Waals surface area contributed by atoms with Crippen molar-refractivity contribution in [1.82, 2.24) is 0 Å². The maximum atomic E-state index is 9.74. The molecule has 0 spiro atoms. The van der Waals surface area contributed by atoms with Crippen molar-refractivity contribution in [2.45, 2.75) is 25.2 Å². The van der Waals surface area contributed by atoms with Crippen molar-refractivity contribution in [1.29, 1.82) is 0 Å². The van der Waals surface area contributed by atoms with E-state index in [-0.39, 0.29) is 12.4 Å². The Labute approximate surface area is 71.7 Å². The van der Waals surface area contributed by atoms with Crippen molar-refractivity contribution in [2.24, 2.45) is 17.8 Å². The zero-order valence-electron chi connectivity index (χ0n) is 6.98. The first kappa shape index (κ1) is 7.30. The molecule has 3 heteroatoms. The molecule has 3 fully saturated rings. The molecule has 3 rings (SSSR count). The molecule has 0 aromatic carbocycles. The number of hydrogen-bond donors (Lipinski definition) is 1. The monoisotopic (exact) mass is 170 g/mol. The van der Waals surface area contributed by atoms with Crippen molar-refractivity contribution >= 4 is 0 Å². The van der Waals surface area contributed by atoms with E-state index >= 15 is 0 Å². The molecule has 3 aliphatic rings. The van der Waals surface area contributed by atoms with Crippen LogP contribution in [0.3, 0.4) is 0 Å². The van der Waals surface area contributed by atoms with Crippen molar-refractivity contribution in [3.8, 4) is 0 Å². The number of rotatable bonds is 0. The van der Waals surface area contributed by atoms with Crippen LogP contribution in [0.1, 0.15) is 12.8 Å². The number of hydrogen-bond acceptors (Lipinski definition) is 3. The normalized spacial score (nSPS) is 57.2. The Morgan fingerprint density at radius 3 is 3.08 bits per heavy atom. The molecule has 1 saturated carbocycles. The third-order valence-electron chi connectivity index (χ3n) is 3.60. The van der Waals surface area contributed by atoms with Gasteiger partial charge in [0.15, 0.2) is 6.29 Å². The summed E-state index contributed by atoms with van der Waals surface area (Å²) in [5.74, 6) is 1.51. The molecule has 0 aromatic rings. The van der Waals surface area contributed by atoms with E-state index in [1.165, 1.54) is 0 Å². The fourth-order valence-corrected chi connectivity index (χ4v) is 3.05. The lowest BCUT2D eigenvalue weighted by molar-refractivity contribution is -0.173. The van der Waals surface area contributed by atoms with Gasteiger partial charge in [-0.25, -0.2) is 0 Å². The predicted octanol–water partition coefficient (Wildman–Crippen LogP) is 0.376. The first-order chi connectivity index (χ1) is 5.86. The summed E-state index contributed by atoms with van der Waals surface area (Å²) in [5, 5.41) is 9.74. The molecule has 2 unspecified atom stereocenters. The smallest absolute Gasteiger partial charge is 0.161 e. The van der Waals surface area contributed by atoms with Gasteiger partial charge >= 0.3 is 0 Å². The Hall–Kier alpha value is -0.120.